The van der Waals surface area contributed by atoms with Crippen LogP contribution in [0.1, 0.15) is 68.6 Å². The van der Waals surface area contributed by atoms with E-state index in [0.717, 1.165) is 62.4 Å². The second-order valence-electron chi connectivity index (χ2n) is 13.0. The molecule has 46 heavy (non-hydrogen) atoms. The van der Waals surface area contributed by atoms with Crippen LogP contribution in [-0.4, -0.2) is 70.9 Å². The predicted octanol–water partition coefficient (Wildman–Crippen LogP) is 5.14. The number of alkyl carbamates (subject to hydrolysis) is 1. The molecule has 0 aliphatic carbocycles. The predicted molar refractivity (Wildman–Crippen MR) is 177 cm³/mol. The summed E-state index contributed by atoms with van der Waals surface area (Å²) < 4.78 is 11.2. The molecule has 5 rings (SSSR count). The number of anilines is 3. The van der Waals surface area contributed by atoms with Crippen molar-refractivity contribution in [2.75, 3.05) is 48.8 Å². The van der Waals surface area contributed by atoms with Crippen molar-refractivity contribution in [1.29, 1.82) is 0 Å². The number of methoxy groups -OCH3 is 1. The van der Waals surface area contributed by atoms with E-state index in [2.05, 4.69) is 38.0 Å². The molecule has 1 fully saturated rings. The Balaban J connectivity index is 1.31. The number of carbonyl (C=O) groups is 2. The third kappa shape index (κ3) is 7.11. The molecule has 0 radical (unpaired) electrons. The number of pyridine rings is 1. The Morgan fingerprint density at radius 3 is 2.48 bits per heavy atom. The van der Waals surface area contributed by atoms with Crippen molar-refractivity contribution >= 4 is 29.5 Å². The van der Waals surface area contributed by atoms with Crippen molar-refractivity contribution in [2.24, 2.45) is 5.41 Å². The highest BCUT2D eigenvalue weighted by atomic mass is 16.5. The van der Waals surface area contributed by atoms with Gasteiger partial charge in [0, 0.05) is 31.2 Å². The van der Waals surface area contributed by atoms with Crippen LogP contribution in [-0.2, 0) is 22.6 Å². The molecule has 4 heterocycles. The number of amides is 1. The third-order valence-electron chi connectivity index (χ3n) is 8.99. The van der Waals surface area contributed by atoms with Crippen LogP contribution in [0.2, 0.25) is 0 Å². The quantitative estimate of drug-likeness (QED) is 0.236. The highest BCUT2D eigenvalue weighted by molar-refractivity contribution is 5.86. The average molecular weight is 632 g/mol. The number of nitrogens with one attached hydrogen (secondary N) is 3. The number of aromatic nitrogens is 3. The summed E-state index contributed by atoms with van der Waals surface area (Å²) in [7, 11) is 1.55. The summed E-state index contributed by atoms with van der Waals surface area (Å²) in [6.07, 6.45) is 3.18. The second kappa shape index (κ2) is 13.8. The molecule has 12 heteroatoms. The van der Waals surface area contributed by atoms with Gasteiger partial charge in [0.15, 0.2) is 17.2 Å². The average Bonchev–Trinajstić information content (AvgIpc) is 3.05. The maximum Gasteiger partial charge on any atom is 0.408 e. The number of fused-ring (bicyclic) bond motifs is 1. The number of hydrogen-bond acceptors (Lipinski definition) is 10. The molecule has 2 aromatic heterocycles. The topological polar surface area (TPSA) is 151 Å². The maximum atomic E-state index is 12.9. The number of ether oxygens (including phenoxy) is 2. The lowest BCUT2D eigenvalue weighted by Gasteiger charge is -2.41. The number of hydrogen-bond donors (Lipinski definition) is 4. The first kappa shape index (κ1) is 32.8. The van der Waals surface area contributed by atoms with Crippen LogP contribution in [0.5, 0.6) is 5.75 Å². The minimum absolute atomic E-state index is 0.0122. The number of carbonyl (C=O) groups excluding carboxylic acids is 1. The van der Waals surface area contributed by atoms with Crippen LogP contribution in [0.3, 0.4) is 0 Å². The van der Waals surface area contributed by atoms with Crippen LogP contribution in [0.4, 0.5) is 22.2 Å². The van der Waals surface area contributed by atoms with Gasteiger partial charge in [0.05, 0.1) is 13.7 Å². The molecule has 246 valence electrons. The highest BCUT2D eigenvalue weighted by Crippen LogP contribution is 2.38. The number of benzene rings is 1. The lowest BCUT2D eigenvalue weighted by atomic mass is 9.73. The first-order chi connectivity index (χ1) is 22.0. The van der Waals surface area contributed by atoms with Gasteiger partial charge in [-0.15, -0.1) is 0 Å². The third-order valence-corrected chi connectivity index (χ3v) is 8.99. The van der Waals surface area contributed by atoms with Crippen molar-refractivity contribution < 1.29 is 24.2 Å². The van der Waals surface area contributed by atoms with Gasteiger partial charge in [-0.1, -0.05) is 57.2 Å². The number of carboxylic acid groups (broad SMARTS) is 1. The van der Waals surface area contributed by atoms with Crippen molar-refractivity contribution in [1.82, 2.24) is 20.3 Å². The molecule has 4 N–H and O–H groups in total. The Kier molecular flexibility index (Phi) is 9.83. The largest absolute Gasteiger partial charge is 0.490 e. The summed E-state index contributed by atoms with van der Waals surface area (Å²) in [5.41, 5.74) is 0.521. The molecule has 1 saturated heterocycles. The van der Waals surface area contributed by atoms with E-state index in [0.29, 0.717) is 29.1 Å². The van der Waals surface area contributed by atoms with E-state index >= 15 is 0 Å². The highest BCUT2D eigenvalue weighted by Gasteiger charge is 2.51. The van der Waals surface area contributed by atoms with Crippen molar-refractivity contribution in [2.45, 2.75) is 71.4 Å². The summed E-state index contributed by atoms with van der Waals surface area (Å²) in [6.45, 7) is 9.35. The van der Waals surface area contributed by atoms with Gasteiger partial charge in [0.1, 0.15) is 18.2 Å². The lowest BCUT2D eigenvalue weighted by Crippen LogP contribution is -2.66. The van der Waals surface area contributed by atoms with Gasteiger partial charge < -0.3 is 35.4 Å². The molecule has 1 unspecified atom stereocenters. The molecular formula is C34H45N7O5. The molecule has 1 amide bonds. The zero-order valence-electron chi connectivity index (χ0n) is 27.4. The molecule has 2 aliphatic rings. The molecular weight excluding hydrogens is 586 g/mol. The van der Waals surface area contributed by atoms with Crippen LogP contribution in [0.15, 0.2) is 42.5 Å². The number of carboxylic acids is 1. The number of nitrogens with zero attached hydrogens (tertiary/aromatic N) is 4. The molecule has 1 aromatic carbocycles. The minimum atomic E-state index is -1.75. The van der Waals surface area contributed by atoms with Gasteiger partial charge in [-0.2, -0.15) is 0 Å². The molecule has 0 spiro atoms. The van der Waals surface area contributed by atoms with Gasteiger partial charge in [0.2, 0.25) is 5.75 Å². The van der Waals surface area contributed by atoms with E-state index in [1.807, 2.05) is 30.3 Å². The van der Waals surface area contributed by atoms with Gasteiger partial charge in [-0.05, 0) is 55.2 Å². The lowest BCUT2D eigenvalue weighted by molar-refractivity contribution is -0.148. The normalized spacial score (nSPS) is 16.4. The monoisotopic (exact) mass is 631 g/mol. The van der Waals surface area contributed by atoms with Gasteiger partial charge >= 0.3 is 12.1 Å². The summed E-state index contributed by atoms with van der Waals surface area (Å²) >= 11 is 0. The van der Waals surface area contributed by atoms with E-state index in [-0.39, 0.29) is 13.2 Å². The number of piperidine rings is 1. The Morgan fingerprint density at radius 2 is 1.80 bits per heavy atom. The van der Waals surface area contributed by atoms with Crippen LogP contribution >= 0.6 is 0 Å². The van der Waals surface area contributed by atoms with E-state index in [4.69, 9.17) is 19.4 Å². The second-order valence-corrected chi connectivity index (χ2v) is 13.0. The van der Waals surface area contributed by atoms with E-state index < -0.39 is 23.0 Å². The standard InChI is InChI=1S/C34H45N7O5/c1-22-37-29(36-21-34(31(42)43,33(2,3)4)40-32(44)46-20-23-10-7-6-8-11-23)27(45-5)30(38-22)41-18-15-24(16-19-41)26-14-13-25-12-9-17-35-28(25)39-26/h6-8,10-11,13-14,24H,9,12,15-21H2,1-5H3,(H,35,39)(H,40,44)(H,42,43)(H,36,37,38). The zero-order valence-corrected chi connectivity index (χ0v) is 27.4. The molecule has 1 atom stereocenters. The van der Waals surface area contributed by atoms with Crippen LogP contribution < -0.4 is 25.6 Å². The fourth-order valence-corrected chi connectivity index (χ4v) is 6.12. The van der Waals surface area contributed by atoms with E-state index in [1.54, 1.807) is 34.8 Å². The summed E-state index contributed by atoms with van der Waals surface area (Å²) in [4.78, 5) is 42.2. The molecule has 3 aromatic rings. The number of aryl methyl sites for hydroxylation is 2. The number of rotatable bonds is 10. The van der Waals surface area contributed by atoms with Crippen molar-refractivity contribution in [3.05, 3.63) is 65.1 Å². The SMILES string of the molecule is COc1c(NCC(NC(=O)OCc2ccccc2)(C(=O)O)C(C)(C)C)nc(C)nc1N1CCC(c2ccc3c(n2)NCCC3)CC1. The Bertz CT molecular complexity index is 1540. The Labute approximate surface area is 270 Å². The maximum absolute atomic E-state index is 12.9. The Hall–Kier alpha value is -4.61. The van der Waals surface area contributed by atoms with Crippen LogP contribution in [0.25, 0.3) is 0 Å². The summed E-state index contributed by atoms with van der Waals surface area (Å²) in [5, 5.41) is 19.8. The fraction of sp³-hybridized carbons (Fsp3) is 0.500. The molecule has 2 aliphatic heterocycles. The smallest absolute Gasteiger partial charge is 0.408 e. The van der Waals surface area contributed by atoms with Crippen LogP contribution in [0, 0.1) is 12.3 Å². The van der Waals surface area contributed by atoms with Crippen molar-refractivity contribution in [3.8, 4) is 5.75 Å². The first-order valence-corrected chi connectivity index (χ1v) is 15.9. The van der Waals surface area contributed by atoms with Crippen molar-refractivity contribution in [3.63, 3.8) is 0 Å². The fourth-order valence-electron chi connectivity index (χ4n) is 6.12. The molecule has 0 bridgehead atoms. The summed E-state index contributed by atoms with van der Waals surface area (Å²) in [6, 6.07) is 13.6. The summed E-state index contributed by atoms with van der Waals surface area (Å²) in [5.74, 6) is 2.07. The van der Waals surface area contributed by atoms with Gasteiger partial charge in [-0.3, -0.25) is 0 Å². The van der Waals surface area contributed by atoms with Gasteiger partial charge in [0.25, 0.3) is 0 Å². The van der Waals surface area contributed by atoms with Gasteiger partial charge in [-0.25, -0.2) is 24.5 Å². The zero-order chi connectivity index (χ0) is 32.9. The molecule has 0 saturated carbocycles. The van der Waals surface area contributed by atoms with E-state index in [1.165, 1.54) is 5.56 Å². The van der Waals surface area contributed by atoms with E-state index in [9.17, 15) is 14.7 Å². The molecule has 12 nitrogen and oxygen atoms in total. The first-order valence-electron chi connectivity index (χ1n) is 15.9. The number of aliphatic carboxylic acids is 1. The Morgan fingerprint density at radius 1 is 1.07 bits per heavy atom. The minimum Gasteiger partial charge on any atom is -0.490 e.